The fourth-order valence-corrected chi connectivity index (χ4v) is 1.26. The van der Waals surface area contributed by atoms with E-state index in [0.29, 0.717) is 6.67 Å². The summed E-state index contributed by atoms with van der Waals surface area (Å²) in [4.78, 5) is 15.7. The van der Waals surface area contributed by atoms with Crippen LogP contribution in [0.3, 0.4) is 0 Å². The van der Waals surface area contributed by atoms with Gasteiger partial charge in [0, 0.05) is 5.69 Å². The lowest BCUT2D eigenvalue weighted by Gasteiger charge is -2.15. The van der Waals surface area contributed by atoms with Crippen LogP contribution in [0, 0.1) is 0 Å². The zero-order valence-electron chi connectivity index (χ0n) is 8.38. The van der Waals surface area contributed by atoms with Crippen LogP contribution in [0.1, 0.15) is 10.4 Å². The van der Waals surface area contributed by atoms with Crippen molar-refractivity contribution in [3.05, 3.63) is 42.3 Å². The molecule has 0 aromatic heterocycles. The average Bonchev–Trinajstić information content (AvgIpc) is 2.79. The molecule has 1 heterocycles. The fraction of sp³-hybridized carbons (Fsp3) is 0.100. The summed E-state index contributed by atoms with van der Waals surface area (Å²) in [5.41, 5.74) is 3.78. The number of hydrogen-bond acceptors (Lipinski definition) is 5. The second kappa shape index (κ2) is 4.54. The predicted octanol–water partition coefficient (Wildman–Crippen LogP) is 0.977. The van der Waals surface area contributed by atoms with Gasteiger partial charge in [-0.1, -0.05) is 6.07 Å². The van der Waals surface area contributed by atoms with Gasteiger partial charge >= 0.3 is 5.97 Å². The molecule has 16 heavy (non-hydrogen) atoms. The van der Waals surface area contributed by atoms with Crippen LogP contribution in [-0.4, -0.2) is 22.9 Å². The minimum Gasteiger partial charge on any atom is -0.478 e. The summed E-state index contributed by atoms with van der Waals surface area (Å²) in [6, 6.07) is 6.57. The molecule has 0 fully saturated rings. The Morgan fingerprint density at radius 2 is 2.44 bits per heavy atom. The number of hydroxylamine groups is 1. The zero-order valence-corrected chi connectivity index (χ0v) is 8.38. The number of carboxylic acids is 1. The Hall–Kier alpha value is -2.21. The minimum absolute atomic E-state index is 0.249. The summed E-state index contributed by atoms with van der Waals surface area (Å²) in [6.07, 6.45) is 3.16. The van der Waals surface area contributed by atoms with Crippen LogP contribution >= 0.6 is 0 Å². The maximum absolute atomic E-state index is 10.7. The van der Waals surface area contributed by atoms with Crippen LogP contribution in [0.15, 0.2) is 36.7 Å². The first kappa shape index (κ1) is 10.3. The largest absolute Gasteiger partial charge is 0.478 e. The maximum atomic E-state index is 10.7. The highest BCUT2D eigenvalue weighted by Gasteiger charge is 2.07. The highest BCUT2D eigenvalue weighted by molar-refractivity contribution is 5.88. The van der Waals surface area contributed by atoms with E-state index in [1.165, 1.54) is 11.4 Å². The molecule has 1 aromatic carbocycles. The topological polar surface area (TPSA) is 73.8 Å². The summed E-state index contributed by atoms with van der Waals surface area (Å²) in [5, 5.41) is 13.3. The van der Waals surface area contributed by atoms with E-state index in [0.717, 1.165) is 5.69 Å². The molecule has 0 amide bonds. The molecule has 3 N–H and O–H groups in total. The monoisotopic (exact) mass is 221 g/mol. The van der Waals surface area contributed by atoms with Crippen LogP contribution in [0.5, 0.6) is 0 Å². The number of carboxylic acid groups (broad SMARTS) is 1. The number of aromatic carboxylic acids is 1. The van der Waals surface area contributed by atoms with E-state index < -0.39 is 5.97 Å². The third kappa shape index (κ3) is 2.43. The van der Waals surface area contributed by atoms with Gasteiger partial charge in [0.05, 0.1) is 11.8 Å². The Balaban J connectivity index is 1.93. The van der Waals surface area contributed by atoms with E-state index in [1.54, 1.807) is 30.5 Å². The highest BCUT2D eigenvalue weighted by atomic mass is 16.7. The number of hydrogen-bond donors (Lipinski definition) is 3. The van der Waals surface area contributed by atoms with Crippen LogP contribution in [0.4, 0.5) is 5.69 Å². The Kier molecular flexibility index (Phi) is 2.93. The molecule has 6 nitrogen and oxygen atoms in total. The van der Waals surface area contributed by atoms with Crippen LogP contribution < -0.4 is 10.7 Å². The van der Waals surface area contributed by atoms with Crippen molar-refractivity contribution in [3.63, 3.8) is 0 Å². The third-order valence-electron chi connectivity index (χ3n) is 2.01. The molecule has 1 aromatic rings. The molecule has 0 unspecified atom stereocenters. The molecule has 0 saturated heterocycles. The zero-order chi connectivity index (χ0) is 11.4. The van der Waals surface area contributed by atoms with Gasteiger partial charge in [0.2, 0.25) is 0 Å². The standard InChI is InChI=1S/C10H11N3O3/c14-10(15)8-2-1-3-9(6-8)11-7-13-12-4-5-16-13/h1-6,11-12H,7H2,(H,14,15). The van der Waals surface area contributed by atoms with Crippen molar-refractivity contribution in [2.75, 3.05) is 12.0 Å². The summed E-state index contributed by atoms with van der Waals surface area (Å²) in [5.74, 6) is -0.944. The van der Waals surface area contributed by atoms with Gasteiger partial charge in [0.25, 0.3) is 0 Å². The number of carbonyl (C=O) groups is 1. The average molecular weight is 221 g/mol. The van der Waals surface area contributed by atoms with E-state index >= 15 is 0 Å². The number of nitrogens with one attached hydrogen (secondary N) is 2. The smallest absolute Gasteiger partial charge is 0.335 e. The summed E-state index contributed by atoms with van der Waals surface area (Å²) < 4.78 is 0. The van der Waals surface area contributed by atoms with E-state index in [4.69, 9.17) is 9.94 Å². The highest BCUT2D eigenvalue weighted by Crippen LogP contribution is 2.10. The number of rotatable bonds is 4. The molecular formula is C10H11N3O3. The summed E-state index contributed by atoms with van der Waals surface area (Å²) in [6.45, 7) is 0.399. The first-order chi connectivity index (χ1) is 7.75. The minimum atomic E-state index is -0.944. The maximum Gasteiger partial charge on any atom is 0.335 e. The molecule has 2 rings (SSSR count). The van der Waals surface area contributed by atoms with Crippen LogP contribution in [0.25, 0.3) is 0 Å². The molecule has 1 aliphatic rings. The third-order valence-corrected chi connectivity index (χ3v) is 2.01. The summed E-state index contributed by atoms with van der Waals surface area (Å²) >= 11 is 0. The second-order valence-corrected chi connectivity index (χ2v) is 3.14. The van der Waals surface area contributed by atoms with Gasteiger partial charge in [-0.05, 0) is 23.4 Å². The fourth-order valence-electron chi connectivity index (χ4n) is 1.26. The van der Waals surface area contributed by atoms with Crippen LogP contribution in [-0.2, 0) is 4.84 Å². The number of nitrogens with zero attached hydrogens (tertiary/aromatic N) is 1. The van der Waals surface area contributed by atoms with E-state index in [2.05, 4.69) is 10.7 Å². The molecule has 0 bridgehead atoms. The van der Waals surface area contributed by atoms with Gasteiger partial charge in [-0.2, -0.15) is 0 Å². The number of anilines is 1. The lowest BCUT2D eigenvalue weighted by Crippen LogP contribution is -2.33. The Morgan fingerprint density at radius 3 is 3.12 bits per heavy atom. The van der Waals surface area contributed by atoms with Gasteiger partial charge in [-0.15, -0.1) is 0 Å². The number of hydrazine groups is 1. The van der Waals surface area contributed by atoms with Gasteiger partial charge in [-0.25, -0.2) is 4.79 Å². The molecule has 0 aliphatic carbocycles. The van der Waals surface area contributed by atoms with Crippen molar-refractivity contribution >= 4 is 11.7 Å². The lowest BCUT2D eigenvalue weighted by molar-refractivity contribution is -0.106. The Bertz CT molecular complexity index is 412. The SMILES string of the molecule is O=C(O)c1cccc(NCN2NC=CO2)c1. The lowest BCUT2D eigenvalue weighted by atomic mass is 10.2. The van der Waals surface area contributed by atoms with Crippen molar-refractivity contribution < 1.29 is 14.7 Å². The van der Waals surface area contributed by atoms with Crippen molar-refractivity contribution in [3.8, 4) is 0 Å². The van der Waals surface area contributed by atoms with E-state index in [-0.39, 0.29) is 5.56 Å². The second-order valence-electron chi connectivity index (χ2n) is 3.14. The van der Waals surface area contributed by atoms with Crippen molar-refractivity contribution in [1.29, 1.82) is 0 Å². The quantitative estimate of drug-likeness (QED) is 0.703. The molecular weight excluding hydrogens is 210 g/mol. The Labute approximate surface area is 92.0 Å². The molecule has 0 atom stereocenters. The molecule has 0 spiro atoms. The first-order valence-corrected chi connectivity index (χ1v) is 4.68. The molecule has 0 radical (unpaired) electrons. The molecule has 6 heteroatoms. The summed E-state index contributed by atoms with van der Waals surface area (Å²) in [7, 11) is 0. The van der Waals surface area contributed by atoms with Gasteiger partial charge in [0.1, 0.15) is 12.9 Å². The van der Waals surface area contributed by atoms with Crippen molar-refractivity contribution in [1.82, 2.24) is 10.6 Å². The van der Waals surface area contributed by atoms with Gasteiger partial charge < -0.3 is 15.3 Å². The predicted molar refractivity (Wildman–Crippen MR) is 57.1 cm³/mol. The molecule has 1 aliphatic heterocycles. The molecule has 0 saturated carbocycles. The van der Waals surface area contributed by atoms with Crippen molar-refractivity contribution in [2.24, 2.45) is 0 Å². The van der Waals surface area contributed by atoms with E-state index in [9.17, 15) is 4.79 Å². The van der Waals surface area contributed by atoms with E-state index in [1.807, 2.05) is 0 Å². The van der Waals surface area contributed by atoms with Gasteiger partial charge in [0.15, 0.2) is 0 Å². The Morgan fingerprint density at radius 1 is 1.56 bits per heavy atom. The molecule has 84 valence electrons. The van der Waals surface area contributed by atoms with Crippen LogP contribution in [0.2, 0.25) is 0 Å². The van der Waals surface area contributed by atoms with Crippen molar-refractivity contribution in [2.45, 2.75) is 0 Å². The number of benzene rings is 1. The first-order valence-electron chi connectivity index (χ1n) is 4.68. The van der Waals surface area contributed by atoms with Gasteiger partial charge in [-0.3, -0.25) is 5.43 Å². The normalized spacial score (nSPS) is 14.2.